The topological polar surface area (TPSA) is 77.5 Å². The van der Waals surface area contributed by atoms with Gasteiger partial charge in [0.1, 0.15) is 18.0 Å². The van der Waals surface area contributed by atoms with Crippen molar-refractivity contribution in [2.45, 2.75) is 81.8 Å². The molecule has 0 aromatic heterocycles. The molecule has 6 aliphatic rings. The minimum absolute atomic E-state index is 0.0794. The zero-order chi connectivity index (χ0) is 24.6. The first-order chi connectivity index (χ1) is 17.5. The predicted molar refractivity (Wildman–Crippen MR) is 134 cm³/mol. The van der Waals surface area contributed by atoms with Gasteiger partial charge in [-0.05, 0) is 99.7 Å². The van der Waals surface area contributed by atoms with Gasteiger partial charge in [-0.25, -0.2) is 9.78 Å². The summed E-state index contributed by atoms with van der Waals surface area (Å²) in [5.74, 6) is 1.72. The van der Waals surface area contributed by atoms with Crippen LogP contribution in [0, 0.1) is 17.3 Å². The predicted octanol–water partition coefficient (Wildman–Crippen LogP) is 4.80. The average Bonchev–Trinajstić information content (AvgIpc) is 2.96. The molecule has 1 aromatic carbocycles. The maximum Gasteiger partial charge on any atom is 0.309 e. The average molecular weight is 500 g/mol. The van der Waals surface area contributed by atoms with Gasteiger partial charge in [0.15, 0.2) is 0 Å². The number of rotatable bonds is 6. The van der Waals surface area contributed by atoms with Gasteiger partial charge in [0.25, 0.3) is 0 Å². The van der Waals surface area contributed by atoms with Crippen LogP contribution in [-0.2, 0) is 19.3 Å². The Labute approximate surface area is 214 Å². The van der Waals surface area contributed by atoms with Crippen molar-refractivity contribution in [3.05, 3.63) is 29.8 Å². The Morgan fingerprint density at radius 2 is 1.75 bits per heavy atom. The summed E-state index contributed by atoms with van der Waals surface area (Å²) in [5.41, 5.74) is 0.511. The Bertz CT molecular complexity index is 907. The van der Waals surface area contributed by atoms with Crippen molar-refractivity contribution in [3.8, 4) is 5.75 Å². The van der Waals surface area contributed by atoms with Gasteiger partial charge < -0.3 is 14.6 Å². The van der Waals surface area contributed by atoms with E-state index in [2.05, 4.69) is 29.2 Å². The SMILES string of the molecule is O=C(O)C12CC3CC(CC4(CCC(c5ccc(OCCN6CCOCC6)cc5)CC4)OOC(C3)C1)C2. The molecule has 6 fully saturated rings. The quantitative estimate of drug-likeness (QED) is 0.564. The van der Waals surface area contributed by atoms with E-state index in [1.165, 1.54) is 5.56 Å². The van der Waals surface area contributed by atoms with Gasteiger partial charge in [-0.2, -0.15) is 0 Å². The van der Waals surface area contributed by atoms with Crippen molar-refractivity contribution in [2.24, 2.45) is 17.3 Å². The smallest absolute Gasteiger partial charge is 0.309 e. The van der Waals surface area contributed by atoms with E-state index in [0.717, 1.165) is 96.4 Å². The van der Waals surface area contributed by atoms with E-state index in [1.54, 1.807) is 0 Å². The van der Waals surface area contributed by atoms with Crippen LogP contribution in [-0.4, -0.2) is 67.1 Å². The van der Waals surface area contributed by atoms with E-state index in [4.69, 9.17) is 19.2 Å². The highest BCUT2D eigenvalue weighted by molar-refractivity contribution is 5.75. The second-order valence-corrected chi connectivity index (χ2v) is 12.2. The summed E-state index contributed by atoms with van der Waals surface area (Å²) >= 11 is 0. The monoisotopic (exact) mass is 499 g/mol. The molecule has 1 spiro atoms. The Hall–Kier alpha value is -1.67. The van der Waals surface area contributed by atoms with E-state index >= 15 is 0 Å². The Kier molecular flexibility index (Phi) is 7.01. The lowest BCUT2D eigenvalue weighted by atomic mass is 9.56. The number of carboxylic acids is 1. The lowest BCUT2D eigenvalue weighted by Gasteiger charge is -2.47. The molecular weight excluding hydrogens is 458 g/mol. The zero-order valence-corrected chi connectivity index (χ0v) is 21.4. The third kappa shape index (κ3) is 5.17. The van der Waals surface area contributed by atoms with Gasteiger partial charge in [-0.1, -0.05) is 12.1 Å². The lowest BCUT2D eigenvalue weighted by molar-refractivity contribution is -0.395. The van der Waals surface area contributed by atoms with Crippen molar-refractivity contribution in [1.82, 2.24) is 4.90 Å². The highest BCUT2D eigenvalue weighted by Crippen LogP contribution is 2.56. The number of aliphatic carboxylic acids is 1. The van der Waals surface area contributed by atoms with E-state index in [9.17, 15) is 9.90 Å². The van der Waals surface area contributed by atoms with Crippen LogP contribution >= 0.6 is 0 Å². The van der Waals surface area contributed by atoms with Gasteiger partial charge in [0.2, 0.25) is 0 Å². The third-order valence-electron chi connectivity index (χ3n) is 9.74. The Morgan fingerprint density at radius 3 is 2.50 bits per heavy atom. The minimum Gasteiger partial charge on any atom is -0.492 e. The Balaban J connectivity index is 1.04. The Morgan fingerprint density at radius 1 is 1.00 bits per heavy atom. The fourth-order valence-electron chi connectivity index (χ4n) is 8.00. The number of carbonyl (C=O) groups is 1. The van der Waals surface area contributed by atoms with Crippen LogP contribution in [0.3, 0.4) is 0 Å². The summed E-state index contributed by atoms with van der Waals surface area (Å²) in [4.78, 5) is 26.9. The van der Waals surface area contributed by atoms with Crippen LogP contribution in [0.4, 0.5) is 0 Å². The molecule has 198 valence electrons. The van der Waals surface area contributed by atoms with Crippen molar-refractivity contribution in [3.63, 3.8) is 0 Å². The fourth-order valence-corrected chi connectivity index (χ4v) is 8.00. The molecule has 3 aliphatic carbocycles. The summed E-state index contributed by atoms with van der Waals surface area (Å²) in [5, 5.41) is 10.1. The summed E-state index contributed by atoms with van der Waals surface area (Å²) in [7, 11) is 0. The first-order valence-electron chi connectivity index (χ1n) is 14.1. The van der Waals surface area contributed by atoms with E-state index < -0.39 is 11.4 Å². The third-order valence-corrected chi connectivity index (χ3v) is 9.74. The molecule has 0 amide bonds. The number of benzene rings is 1. The van der Waals surface area contributed by atoms with Crippen LogP contribution in [0.1, 0.15) is 75.7 Å². The lowest BCUT2D eigenvalue weighted by Crippen LogP contribution is -2.47. The summed E-state index contributed by atoms with van der Waals surface area (Å²) in [6, 6.07) is 8.67. The van der Waals surface area contributed by atoms with E-state index in [-0.39, 0.29) is 11.7 Å². The van der Waals surface area contributed by atoms with Crippen LogP contribution in [0.15, 0.2) is 24.3 Å². The first-order valence-corrected chi connectivity index (χ1v) is 14.1. The maximum absolute atomic E-state index is 12.2. The van der Waals surface area contributed by atoms with Gasteiger partial charge in [0.05, 0.1) is 24.7 Å². The first kappa shape index (κ1) is 24.7. The number of morpholine rings is 1. The molecule has 36 heavy (non-hydrogen) atoms. The van der Waals surface area contributed by atoms with E-state index in [1.807, 2.05) is 0 Å². The zero-order valence-electron chi connectivity index (χ0n) is 21.4. The molecule has 3 heterocycles. The largest absolute Gasteiger partial charge is 0.492 e. The number of hydrogen-bond acceptors (Lipinski definition) is 6. The van der Waals surface area contributed by atoms with Crippen LogP contribution < -0.4 is 4.74 Å². The molecule has 1 aromatic rings. The van der Waals surface area contributed by atoms with Gasteiger partial charge in [-0.3, -0.25) is 9.69 Å². The summed E-state index contributed by atoms with van der Waals surface area (Å²) in [6.07, 6.45) is 9.26. The second-order valence-electron chi connectivity index (χ2n) is 12.2. The number of nitrogens with zero attached hydrogens (tertiary/aromatic N) is 1. The molecule has 7 heteroatoms. The molecule has 0 radical (unpaired) electrons. The van der Waals surface area contributed by atoms with Crippen LogP contribution in [0.5, 0.6) is 5.75 Å². The number of hydrogen-bond donors (Lipinski definition) is 1. The standard InChI is InChI=1S/C29H41NO6/c31-27(32)28-17-21-15-22(18-28)19-29(36-35-26(16-21)20-28)7-5-24(6-8-29)23-1-3-25(4-2-23)34-14-11-30-9-12-33-13-10-30/h1-4,21-22,24,26H,5-20H2,(H,31,32). The minimum atomic E-state index is -0.626. The molecule has 1 N–H and O–H groups in total. The molecule has 3 saturated heterocycles. The normalized spacial score (nSPS) is 38.9. The molecule has 7 nitrogen and oxygen atoms in total. The number of carboxylic acid groups (broad SMARTS) is 1. The molecule has 3 saturated carbocycles. The van der Waals surface area contributed by atoms with Crippen molar-refractivity contribution >= 4 is 5.97 Å². The van der Waals surface area contributed by atoms with Crippen molar-refractivity contribution < 1.29 is 29.1 Å². The molecule has 7 rings (SSSR count). The van der Waals surface area contributed by atoms with Crippen molar-refractivity contribution in [1.29, 1.82) is 0 Å². The molecule has 4 bridgehead atoms. The second kappa shape index (κ2) is 10.2. The highest BCUT2D eigenvalue weighted by Gasteiger charge is 2.55. The molecular formula is C29H41NO6. The highest BCUT2D eigenvalue weighted by atomic mass is 17.2. The molecule has 4 unspecified atom stereocenters. The van der Waals surface area contributed by atoms with Crippen LogP contribution in [0.25, 0.3) is 0 Å². The van der Waals surface area contributed by atoms with Crippen LogP contribution in [0.2, 0.25) is 0 Å². The summed E-state index contributed by atoms with van der Waals surface area (Å²) < 4.78 is 11.4. The molecule has 3 aliphatic heterocycles. The molecule has 4 atom stereocenters. The fraction of sp³-hybridized carbons (Fsp3) is 0.759. The maximum atomic E-state index is 12.2. The van der Waals surface area contributed by atoms with Gasteiger partial charge >= 0.3 is 5.97 Å². The number of ether oxygens (including phenoxy) is 2. The van der Waals surface area contributed by atoms with Gasteiger partial charge in [0, 0.05) is 19.6 Å². The van der Waals surface area contributed by atoms with Gasteiger partial charge in [-0.15, -0.1) is 0 Å². The summed E-state index contributed by atoms with van der Waals surface area (Å²) in [6.45, 7) is 5.26. The van der Waals surface area contributed by atoms with Crippen molar-refractivity contribution in [2.75, 3.05) is 39.5 Å². The van der Waals surface area contributed by atoms with E-state index in [0.29, 0.717) is 30.8 Å². The number of fused-ring (bicyclic) bond motifs is 1.